The molecule has 1 atom stereocenters. The predicted molar refractivity (Wildman–Crippen MR) is 219 cm³/mol. The minimum absolute atomic E-state index is 0. The minimum atomic E-state index is -0.446. The van der Waals surface area contributed by atoms with Crippen LogP contribution in [0.4, 0.5) is 22.7 Å². The van der Waals surface area contributed by atoms with Crippen LogP contribution in [0.5, 0.6) is 5.75 Å². The molecule has 0 N–H and O–H groups in total. The Morgan fingerprint density at radius 1 is 0.782 bits per heavy atom. The topological polar surface area (TPSA) is 79.2 Å². The SMILES string of the molecule is CCC1CN(C(=O)c2ccc([N+](=O)[O-])cc2)c2cccc([CH]=[Ru+2][CH]3N(c4c(C(C)C)cccc4C(C)C)CCN3c3c(C(C)C)cccc3C(C)C)c2O1.[Cl-]. The van der Waals surface area contributed by atoms with Crippen LogP contribution in [0.2, 0.25) is 0 Å². The molecule has 293 valence electrons. The number of amides is 1. The van der Waals surface area contributed by atoms with Crippen molar-refractivity contribution in [1.29, 1.82) is 0 Å². The quantitative estimate of drug-likeness (QED) is 0.0887. The number of benzene rings is 4. The van der Waals surface area contributed by atoms with E-state index in [1.165, 1.54) is 45.8 Å². The molecule has 0 saturated carbocycles. The van der Waals surface area contributed by atoms with Crippen molar-refractivity contribution >= 4 is 33.3 Å². The van der Waals surface area contributed by atoms with Crippen LogP contribution in [0.1, 0.15) is 131 Å². The van der Waals surface area contributed by atoms with Gasteiger partial charge in [-0.05, 0) is 0 Å². The Bertz CT molecular complexity index is 1910. The standard InChI is InChI=1S/C27H39N2.C18H16N2O4.ClH.Ru/c1-18(2)22-11-9-12-23(19(3)4)26(22)28-15-16-29(17-28)27-24(20(5)6)13-10-14-25(27)21(7)8;1-3-15-11-19(16-6-4-5-12(2)17(16)24-15)18(21)13-7-9-14(10-8-13)20(22)23;;/h9-14,17-21H,15-16H2,1-8H3;2,4-10,15H,3,11H2,1H3;1H;/q;;;+2/p-1. The fourth-order valence-electron chi connectivity index (χ4n) is 7.71. The van der Waals surface area contributed by atoms with E-state index in [0.29, 0.717) is 35.8 Å². The summed E-state index contributed by atoms with van der Waals surface area (Å²) < 4.78 is 9.22. The number of nitro groups is 1. The molecule has 2 aliphatic rings. The van der Waals surface area contributed by atoms with Gasteiger partial charge in [-0.2, -0.15) is 0 Å². The number of ether oxygens (including phenoxy) is 1. The van der Waals surface area contributed by atoms with Crippen molar-refractivity contribution < 1.29 is 43.5 Å². The van der Waals surface area contributed by atoms with Crippen LogP contribution >= 0.6 is 0 Å². The number of rotatable bonds is 11. The van der Waals surface area contributed by atoms with Crippen LogP contribution in [-0.2, 0) is 16.7 Å². The third kappa shape index (κ3) is 8.54. The molecule has 0 spiro atoms. The second-order valence-corrected chi connectivity index (χ2v) is 17.6. The van der Waals surface area contributed by atoms with Gasteiger partial charge in [0.1, 0.15) is 0 Å². The fraction of sp³-hybridized carbons (Fsp3) is 0.422. The number of halogens is 1. The number of nitrogens with zero attached hydrogens (tertiary/aromatic N) is 4. The van der Waals surface area contributed by atoms with E-state index in [4.69, 9.17) is 4.74 Å². The van der Waals surface area contributed by atoms with Gasteiger partial charge >= 0.3 is 330 Å². The van der Waals surface area contributed by atoms with Crippen LogP contribution in [0, 0.1) is 10.1 Å². The Morgan fingerprint density at radius 3 is 1.69 bits per heavy atom. The maximum atomic E-state index is 14.0. The number of hydrogen-bond acceptors (Lipinski definition) is 6. The van der Waals surface area contributed by atoms with Gasteiger partial charge in [0.15, 0.2) is 0 Å². The van der Waals surface area contributed by atoms with Crippen molar-refractivity contribution in [2.24, 2.45) is 0 Å². The summed E-state index contributed by atoms with van der Waals surface area (Å²) in [5, 5.41) is 11.3. The van der Waals surface area contributed by atoms with E-state index in [1.54, 1.807) is 17.0 Å². The number of anilines is 3. The van der Waals surface area contributed by atoms with Crippen LogP contribution in [0.25, 0.3) is 0 Å². The number of carbonyl (C=O) groups is 1. The van der Waals surface area contributed by atoms with E-state index in [1.807, 2.05) is 12.1 Å². The molecule has 1 fully saturated rings. The number of para-hydroxylation sites is 3. The summed E-state index contributed by atoms with van der Waals surface area (Å²) in [5.41, 5.74) is 10.4. The van der Waals surface area contributed by atoms with Crippen LogP contribution in [0.15, 0.2) is 78.9 Å². The maximum absolute atomic E-state index is 14.0. The Hall–Kier alpha value is -4.07. The molecular weight excluding hydrogens is 797 g/mol. The number of hydrogen-bond donors (Lipinski definition) is 0. The van der Waals surface area contributed by atoms with Crippen molar-refractivity contribution in [2.45, 2.75) is 103 Å². The molecule has 8 nitrogen and oxygen atoms in total. The molecule has 1 unspecified atom stereocenters. The van der Waals surface area contributed by atoms with Gasteiger partial charge in [-0.25, -0.2) is 0 Å². The Kier molecular flexibility index (Phi) is 13.6. The van der Waals surface area contributed by atoms with Gasteiger partial charge in [-0.15, -0.1) is 0 Å². The first-order valence-electron chi connectivity index (χ1n) is 19.4. The molecule has 10 heteroatoms. The Labute approximate surface area is 340 Å². The zero-order valence-electron chi connectivity index (χ0n) is 33.5. The molecule has 6 rings (SSSR count). The number of nitro benzene ring substituents is 1. The molecule has 1 saturated heterocycles. The molecule has 0 aliphatic carbocycles. The molecule has 0 radical (unpaired) electrons. The molecule has 1 amide bonds. The first-order chi connectivity index (χ1) is 25.8. The van der Waals surface area contributed by atoms with E-state index in [2.05, 4.69) is 119 Å². The monoisotopic (exact) mass is 852 g/mol. The first kappa shape index (κ1) is 42.1. The zero-order valence-corrected chi connectivity index (χ0v) is 36.0. The molecule has 0 aromatic heterocycles. The van der Waals surface area contributed by atoms with Crippen molar-refractivity contribution in [2.75, 3.05) is 34.3 Å². The van der Waals surface area contributed by atoms with Gasteiger partial charge in [0.2, 0.25) is 0 Å². The summed E-state index contributed by atoms with van der Waals surface area (Å²) in [6.45, 7) is 22.8. The number of fused-ring (bicyclic) bond motifs is 1. The van der Waals surface area contributed by atoms with Crippen molar-refractivity contribution in [1.82, 2.24) is 0 Å². The summed E-state index contributed by atoms with van der Waals surface area (Å²) in [6, 6.07) is 25.7. The van der Waals surface area contributed by atoms with Gasteiger partial charge in [0.25, 0.3) is 0 Å². The van der Waals surface area contributed by atoms with E-state index in [-0.39, 0.29) is 34.9 Å². The Balaban J connectivity index is 0.00000580. The normalized spacial score (nSPS) is 16.0. The second-order valence-electron chi connectivity index (χ2n) is 15.7. The van der Waals surface area contributed by atoms with E-state index in [9.17, 15) is 14.9 Å². The van der Waals surface area contributed by atoms with Crippen LogP contribution in [-0.4, -0.2) is 45.9 Å². The fourth-order valence-corrected chi connectivity index (χ4v) is 10.2. The molecule has 4 aromatic rings. The maximum Gasteiger partial charge on any atom is -1.00 e. The molecule has 4 aromatic carbocycles. The first-order valence-corrected chi connectivity index (χ1v) is 21.4. The summed E-state index contributed by atoms with van der Waals surface area (Å²) in [7, 11) is 0. The third-order valence-corrected chi connectivity index (χ3v) is 13.1. The summed E-state index contributed by atoms with van der Waals surface area (Å²) in [6.07, 6.45) is 0.561. The van der Waals surface area contributed by atoms with E-state index >= 15 is 0 Å². The smallest absolute Gasteiger partial charge is 1.00 e. The van der Waals surface area contributed by atoms with Gasteiger partial charge in [-0.3, -0.25) is 0 Å². The largest absolute Gasteiger partial charge is 1.00 e. The Morgan fingerprint density at radius 2 is 1.25 bits per heavy atom. The molecule has 2 aliphatic heterocycles. The minimum Gasteiger partial charge on any atom is -1.00 e. The zero-order chi connectivity index (χ0) is 38.8. The summed E-state index contributed by atoms with van der Waals surface area (Å²) in [5.74, 6) is 2.05. The molecule has 0 bridgehead atoms. The van der Waals surface area contributed by atoms with Crippen molar-refractivity contribution in [3.05, 3.63) is 122 Å². The van der Waals surface area contributed by atoms with Gasteiger partial charge in [-0.1, -0.05) is 0 Å². The average molecular weight is 852 g/mol. The second kappa shape index (κ2) is 17.8. The van der Waals surface area contributed by atoms with Gasteiger partial charge in [0.05, 0.1) is 0 Å². The summed E-state index contributed by atoms with van der Waals surface area (Å²) >= 11 is -0.407. The number of carbonyl (C=O) groups excluding carboxylic acids is 1. The molecule has 2 heterocycles. The average Bonchev–Trinajstić information content (AvgIpc) is 3.58. The van der Waals surface area contributed by atoms with Crippen molar-refractivity contribution in [3.8, 4) is 5.75 Å². The van der Waals surface area contributed by atoms with Crippen molar-refractivity contribution in [3.63, 3.8) is 0 Å². The van der Waals surface area contributed by atoms with Gasteiger partial charge in [0, 0.05) is 0 Å². The third-order valence-electron chi connectivity index (χ3n) is 10.6. The van der Waals surface area contributed by atoms with E-state index < -0.39 is 21.6 Å². The van der Waals surface area contributed by atoms with Gasteiger partial charge < -0.3 is 12.4 Å². The van der Waals surface area contributed by atoms with Crippen LogP contribution < -0.4 is 31.8 Å². The predicted octanol–water partition coefficient (Wildman–Crippen LogP) is 7.45. The summed E-state index contributed by atoms with van der Waals surface area (Å²) in [4.78, 5) is 32.1. The molecular formula is C45H55ClN4O4Ru+. The molecule has 55 heavy (non-hydrogen) atoms. The number of non-ortho nitro benzene ring substituents is 1. The van der Waals surface area contributed by atoms with E-state index in [0.717, 1.165) is 36.5 Å². The van der Waals surface area contributed by atoms with Crippen LogP contribution in [0.3, 0.4) is 0 Å².